The number of aryl methyl sites for hydroxylation is 2. The molecule has 1 aliphatic heterocycles. The lowest BCUT2D eigenvalue weighted by molar-refractivity contribution is 0.122. The van der Waals surface area contributed by atoms with Gasteiger partial charge in [0.1, 0.15) is 11.9 Å². The quantitative estimate of drug-likeness (QED) is 0.713. The maximum atomic E-state index is 9.12. The number of nitrogens with zero attached hydrogens (tertiary/aromatic N) is 3. The highest BCUT2D eigenvalue weighted by molar-refractivity contribution is 5.56. The molecule has 0 radical (unpaired) electrons. The maximum Gasteiger partial charge on any atom is 0.146 e. The third-order valence-electron chi connectivity index (χ3n) is 2.88. The van der Waals surface area contributed by atoms with Gasteiger partial charge in [0.2, 0.25) is 0 Å². The number of aromatic nitrogens is 1. The van der Waals surface area contributed by atoms with Gasteiger partial charge in [-0.25, -0.2) is 4.98 Å². The summed E-state index contributed by atoms with van der Waals surface area (Å²) in [4.78, 5) is 6.63. The first-order valence-corrected chi connectivity index (χ1v) is 5.43. The average molecular weight is 217 g/mol. The number of anilines is 1. The molecule has 1 saturated heterocycles. The standard InChI is InChI=1S/C12H15N3O/c1-9-7-11(8-13)12(14-10(9)2)15-3-5-16-6-4-15/h7H,3-6H2,1-2H3. The van der Waals surface area contributed by atoms with Crippen molar-refractivity contribution in [2.75, 3.05) is 31.2 Å². The molecule has 0 aromatic carbocycles. The van der Waals surface area contributed by atoms with Gasteiger partial charge in [-0.15, -0.1) is 0 Å². The van der Waals surface area contributed by atoms with Crippen molar-refractivity contribution in [3.8, 4) is 6.07 Å². The fraction of sp³-hybridized carbons (Fsp3) is 0.500. The molecule has 0 unspecified atom stereocenters. The summed E-state index contributed by atoms with van der Waals surface area (Å²) in [6, 6.07) is 4.13. The van der Waals surface area contributed by atoms with Crippen molar-refractivity contribution in [1.82, 2.24) is 4.98 Å². The molecule has 1 aliphatic rings. The molecule has 1 aromatic heterocycles. The number of hydrogen-bond acceptors (Lipinski definition) is 4. The molecule has 16 heavy (non-hydrogen) atoms. The van der Waals surface area contributed by atoms with Crippen molar-refractivity contribution >= 4 is 5.82 Å². The Bertz CT molecular complexity index is 431. The first-order valence-electron chi connectivity index (χ1n) is 5.43. The highest BCUT2D eigenvalue weighted by atomic mass is 16.5. The van der Waals surface area contributed by atoms with E-state index in [1.165, 1.54) is 0 Å². The molecule has 0 saturated carbocycles. The largest absolute Gasteiger partial charge is 0.378 e. The van der Waals surface area contributed by atoms with Crippen molar-refractivity contribution in [2.24, 2.45) is 0 Å². The van der Waals surface area contributed by atoms with Crippen molar-refractivity contribution in [3.63, 3.8) is 0 Å². The Hall–Kier alpha value is -1.60. The van der Waals surface area contributed by atoms with Crippen LogP contribution in [-0.2, 0) is 4.74 Å². The SMILES string of the molecule is Cc1cc(C#N)c(N2CCOCC2)nc1C. The van der Waals surface area contributed by atoms with Crippen LogP contribution in [0, 0.1) is 25.2 Å². The lowest BCUT2D eigenvalue weighted by atomic mass is 10.1. The van der Waals surface area contributed by atoms with Crippen LogP contribution in [0.2, 0.25) is 0 Å². The van der Waals surface area contributed by atoms with E-state index in [1.807, 2.05) is 19.9 Å². The van der Waals surface area contributed by atoms with Crippen LogP contribution in [0.1, 0.15) is 16.8 Å². The minimum Gasteiger partial charge on any atom is -0.378 e. The molecule has 2 heterocycles. The van der Waals surface area contributed by atoms with Gasteiger partial charge in [-0.1, -0.05) is 0 Å². The Morgan fingerprint density at radius 1 is 1.38 bits per heavy atom. The van der Waals surface area contributed by atoms with E-state index < -0.39 is 0 Å². The van der Waals surface area contributed by atoms with Crippen molar-refractivity contribution in [2.45, 2.75) is 13.8 Å². The summed E-state index contributed by atoms with van der Waals surface area (Å²) in [5.41, 5.74) is 2.71. The number of rotatable bonds is 1. The van der Waals surface area contributed by atoms with Crippen LogP contribution in [0.5, 0.6) is 0 Å². The monoisotopic (exact) mass is 217 g/mol. The molecule has 0 atom stereocenters. The van der Waals surface area contributed by atoms with Gasteiger partial charge in [-0.2, -0.15) is 5.26 Å². The Labute approximate surface area is 95.5 Å². The van der Waals surface area contributed by atoms with Gasteiger partial charge in [-0.3, -0.25) is 0 Å². The van der Waals surface area contributed by atoms with Crippen molar-refractivity contribution < 1.29 is 4.74 Å². The number of ether oxygens (including phenoxy) is 1. The van der Waals surface area contributed by atoms with Crippen molar-refractivity contribution in [1.29, 1.82) is 5.26 Å². The highest BCUT2D eigenvalue weighted by Crippen LogP contribution is 2.21. The Morgan fingerprint density at radius 2 is 2.06 bits per heavy atom. The van der Waals surface area contributed by atoms with E-state index >= 15 is 0 Å². The lowest BCUT2D eigenvalue weighted by Crippen LogP contribution is -2.37. The third kappa shape index (κ3) is 2.00. The predicted molar refractivity (Wildman–Crippen MR) is 61.5 cm³/mol. The molecule has 2 rings (SSSR count). The molecule has 0 spiro atoms. The summed E-state index contributed by atoms with van der Waals surface area (Å²) in [7, 11) is 0. The van der Waals surface area contributed by atoms with E-state index in [2.05, 4.69) is 16.0 Å². The molecule has 0 N–H and O–H groups in total. The minimum atomic E-state index is 0.657. The van der Waals surface area contributed by atoms with Gasteiger partial charge in [0.15, 0.2) is 0 Å². The fourth-order valence-electron chi connectivity index (χ4n) is 1.79. The second kappa shape index (κ2) is 4.50. The molecule has 84 valence electrons. The Morgan fingerprint density at radius 3 is 2.69 bits per heavy atom. The molecule has 1 fully saturated rings. The van der Waals surface area contributed by atoms with E-state index in [1.54, 1.807) is 0 Å². The summed E-state index contributed by atoms with van der Waals surface area (Å²) >= 11 is 0. The fourth-order valence-corrected chi connectivity index (χ4v) is 1.79. The lowest BCUT2D eigenvalue weighted by Gasteiger charge is -2.28. The highest BCUT2D eigenvalue weighted by Gasteiger charge is 2.17. The van der Waals surface area contributed by atoms with Crippen LogP contribution < -0.4 is 4.90 Å². The molecular formula is C12H15N3O. The first-order chi connectivity index (χ1) is 7.72. The van der Waals surface area contributed by atoms with Crippen LogP contribution in [-0.4, -0.2) is 31.3 Å². The summed E-state index contributed by atoms with van der Waals surface area (Å²) < 4.78 is 5.30. The zero-order valence-electron chi connectivity index (χ0n) is 9.66. The molecule has 4 nitrogen and oxygen atoms in total. The first kappa shape index (κ1) is 10.9. The molecule has 4 heteroatoms. The molecule has 0 bridgehead atoms. The van der Waals surface area contributed by atoms with Gasteiger partial charge in [0, 0.05) is 18.8 Å². The van der Waals surface area contributed by atoms with Crippen molar-refractivity contribution in [3.05, 3.63) is 22.9 Å². The minimum absolute atomic E-state index is 0.657. The average Bonchev–Trinajstić information content (AvgIpc) is 2.33. The second-order valence-corrected chi connectivity index (χ2v) is 3.97. The summed E-state index contributed by atoms with van der Waals surface area (Å²) in [5, 5.41) is 9.12. The topological polar surface area (TPSA) is 49.2 Å². The number of morpholine rings is 1. The van der Waals surface area contributed by atoms with Crippen LogP contribution in [0.25, 0.3) is 0 Å². The zero-order valence-corrected chi connectivity index (χ0v) is 9.66. The van der Waals surface area contributed by atoms with Gasteiger partial charge < -0.3 is 9.64 Å². The van der Waals surface area contributed by atoms with E-state index in [9.17, 15) is 0 Å². The maximum absolute atomic E-state index is 9.12. The van der Waals surface area contributed by atoms with E-state index in [4.69, 9.17) is 10.00 Å². The Kier molecular flexibility index (Phi) is 3.07. The number of nitriles is 1. The molecule has 0 aliphatic carbocycles. The predicted octanol–water partition coefficient (Wildman–Crippen LogP) is 1.41. The second-order valence-electron chi connectivity index (χ2n) is 3.97. The van der Waals surface area contributed by atoms with Crippen LogP contribution in [0.4, 0.5) is 5.82 Å². The summed E-state index contributed by atoms with van der Waals surface area (Å²) in [6.07, 6.45) is 0. The van der Waals surface area contributed by atoms with Gasteiger partial charge in [-0.05, 0) is 25.5 Å². The molecule has 1 aromatic rings. The van der Waals surface area contributed by atoms with Crippen LogP contribution in [0.3, 0.4) is 0 Å². The van der Waals surface area contributed by atoms with Gasteiger partial charge >= 0.3 is 0 Å². The normalized spacial score (nSPS) is 15.9. The summed E-state index contributed by atoms with van der Waals surface area (Å²) in [6.45, 7) is 6.99. The van der Waals surface area contributed by atoms with Crippen LogP contribution in [0.15, 0.2) is 6.07 Å². The van der Waals surface area contributed by atoms with E-state index in [0.717, 1.165) is 30.2 Å². The zero-order chi connectivity index (χ0) is 11.5. The smallest absolute Gasteiger partial charge is 0.146 e. The van der Waals surface area contributed by atoms with E-state index in [-0.39, 0.29) is 0 Å². The summed E-state index contributed by atoms with van der Waals surface area (Å²) in [5.74, 6) is 0.800. The van der Waals surface area contributed by atoms with Crippen LogP contribution >= 0.6 is 0 Å². The Balaban J connectivity index is 2.38. The molecule has 0 amide bonds. The number of pyridine rings is 1. The molecular weight excluding hydrogens is 202 g/mol. The number of hydrogen-bond donors (Lipinski definition) is 0. The van der Waals surface area contributed by atoms with Gasteiger partial charge in [0.05, 0.1) is 18.8 Å². The van der Waals surface area contributed by atoms with E-state index in [0.29, 0.717) is 18.8 Å². The van der Waals surface area contributed by atoms with Gasteiger partial charge in [0.25, 0.3) is 0 Å². The third-order valence-corrected chi connectivity index (χ3v) is 2.88.